The predicted octanol–water partition coefficient (Wildman–Crippen LogP) is 4.51. The zero-order valence-electron chi connectivity index (χ0n) is 16.4. The van der Waals surface area contributed by atoms with Crippen molar-refractivity contribution in [2.75, 3.05) is 12.4 Å². The number of amides is 1. The van der Waals surface area contributed by atoms with Crippen LogP contribution in [0.25, 0.3) is 0 Å². The van der Waals surface area contributed by atoms with Gasteiger partial charge >= 0.3 is 5.97 Å². The summed E-state index contributed by atoms with van der Waals surface area (Å²) in [6.07, 6.45) is 0.769. The minimum absolute atomic E-state index is 0.0817. The third-order valence-electron chi connectivity index (χ3n) is 4.42. The van der Waals surface area contributed by atoms with E-state index < -0.39 is 5.97 Å². The molecule has 1 N–H and O–H groups in total. The van der Waals surface area contributed by atoms with Gasteiger partial charge in [-0.1, -0.05) is 42.8 Å². The molecule has 5 heteroatoms. The van der Waals surface area contributed by atoms with E-state index in [1.54, 1.807) is 0 Å². The quantitative estimate of drug-likeness (QED) is 0.536. The first kappa shape index (κ1) is 21.0. The Bertz CT molecular complexity index is 787. The summed E-state index contributed by atoms with van der Waals surface area (Å²) in [6, 6.07) is 14.1. The molecule has 0 unspecified atom stereocenters. The molecule has 0 aliphatic carbocycles. The standard InChI is InChI=1S/C22H27NO3S/c1-5-20(18-9-6-15(2)7-10-18)23-21(24)13-26-22(25)14-27-19-11-8-16(3)17(4)12-19/h6-12,20H,5,13-14H2,1-4H3,(H,23,24)/t20-/m1/s1. The third-order valence-corrected chi connectivity index (χ3v) is 5.39. The molecule has 2 aromatic carbocycles. The summed E-state index contributed by atoms with van der Waals surface area (Å²) < 4.78 is 5.11. The average Bonchev–Trinajstić information content (AvgIpc) is 2.66. The van der Waals surface area contributed by atoms with Crippen LogP contribution < -0.4 is 5.32 Å². The van der Waals surface area contributed by atoms with Gasteiger partial charge in [-0.3, -0.25) is 9.59 Å². The van der Waals surface area contributed by atoms with E-state index in [1.807, 2.05) is 63.2 Å². The lowest BCUT2D eigenvalue weighted by atomic mass is 10.0. The van der Waals surface area contributed by atoms with Crippen LogP contribution in [0.5, 0.6) is 0 Å². The highest BCUT2D eigenvalue weighted by atomic mass is 32.2. The van der Waals surface area contributed by atoms with Gasteiger partial charge in [-0.15, -0.1) is 11.8 Å². The molecule has 1 atom stereocenters. The molecule has 0 fully saturated rings. The highest BCUT2D eigenvalue weighted by Crippen LogP contribution is 2.21. The van der Waals surface area contributed by atoms with Crippen molar-refractivity contribution < 1.29 is 14.3 Å². The molecule has 144 valence electrons. The van der Waals surface area contributed by atoms with Crippen molar-refractivity contribution in [2.45, 2.75) is 45.1 Å². The Balaban J connectivity index is 1.77. The van der Waals surface area contributed by atoms with Crippen LogP contribution in [-0.2, 0) is 14.3 Å². The summed E-state index contributed by atoms with van der Waals surface area (Å²) >= 11 is 1.41. The summed E-state index contributed by atoms with van der Waals surface area (Å²) in [5, 5.41) is 2.92. The smallest absolute Gasteiger partial charge is 0.316 e. The van der Waals surface area contributed by atoms with Crippen LogP contribution in [0.2, 0.25) is 0 Å². The molecule has 27 heavy (non-hydrogen) atoms. The first-order valence-corrected chi connectivity index (χ1v) is 10.1. The summed E-state index contributed by atoms with van der Waals surface area (Å²) in [7, 11) is 0. The van der Waals surface area contributed by atoms with Crippen LogP contribution >= 0.6 is 11.8 Å². The van der Waals surface area contributed by atoms with Gasteiger partial charge < -0.3 is 10.1 Å². The van der Waals surface area contributed by atoms with E-state index in [9.17, 15) is 9.59 Å². The van der Waals surface area contributed by atoms with E-state index in [2.05, 4.69) is 12.2 Å². The van der Waals surface area contributed by atoms with E-state index in [0.717, 1.165) is 16.9 Å². The molecule has 2 rings (SSSR count). The first-order chi connectivity index (χ1) is 12.9. The van der Waals surface area contributed by atoms with Crippen molar-refractivity contribution >= 4 is 23.6 Å². The Labute approximate surface area is 165 Å². The number of thioether (sulfide) groups is 1. The largest absolute Gasteiger partial charge is 0.455 e. The van der Waals surface area contributed by atoms with Gasteiger partial charge in [0.05, 0.1) is 11.8 Å². The maximum absolute atomic E-state index is 12.1. The molecule has 0 bridgehead atoms. The Hall–Kier alpha value is -2.27. The van der Waals surface area contributed by atoms with Gasteiger partial charge in [0.25, 0.3) is 5.91 Å². The molecule has 0 aromatic heterocycles. The second-order valence-corrected chi connectivity index (χ2v) is 7.68. The normalized spacial score (nSPS) is 11.7. The molecule has 0 radical (unpaired) electrons. The van der Waals surface area contributed by atoms with Crippen molar-refractivity contribution in [2.24, 2.45) is 0 Å². The van der Waals surface area contributed by atoms with Crippen LogP contribution in [0.4, 0.5) is 0 Å². The number of esters is 1. The van der Waals surface area contributed by atoms with Crippen LogP contribution in [-0.4, -0.2) is 24.2 Å². The molecule has 0 spiro atoms. The number of hydrogen-bond donors (Lipinski definition) is 1. The third kappa shape index (κ3) is 6.75. The number of aryl methyl sites for hydroxylation is 3. The van der Waals surface area contributed by atoms with E-state index in [-0.39, 0.29) is 24.3 Å². The fourth-order valence-electron chi connectivity index (χ4n) is 2.59. The fraction of sp³-hybridized carbons (Fsp3) is 0.364. The number of carbonyl (C=O) groups is 2. The van der Waals surface area contributed by atoms with Gasteiger partial charge in [-0.25, -0.2) is 0 Å². The van der Waals surface area contributed by atoms with Gasteiger partial charge in [0.1, 0.15) is 0 Å². The van der Waals surface area contributed by atoms with E-state index in [0.29, 0.717) is 0 Å². The molecule has 0 aliphatic heterocycles. The van der Waals surface area contributed by atoms with Crippen LogP contribution in [0, 0.1) is 20.8 Å². The van der Waals surface area contributed by atoms with Gasteiger partial charge in [0.15, 0.2) is 6.61 Å². The molecule has 0 heterocycles. The minimum atomic E-state index is -0.392. The summed E-state index contributed by atoms with van der Waals surface area (Å²) in [5.41, 5.74) is 4.63. The Morgan fingerprint density at radius 1 is 1.04 bits per heavy atom. The Morgan fingerprint density at radius 2 is 1.74 bits per heavy atom. The molecule has 2 aromatic rings. The van der Waals surface area contributed by atoms with Crippen LogP contribution in [0.1, 0.15) is 41.6 Å². The van der Waals surface area contributed by atoms with Crippen molar-refractivity contribution in [3.8, 4) is 0 Å². The van der Waals surface area contributed by atoms with Crippen molar-refractivity contribution in [1.82, 2.24) is 5.32 Å². The Kier molecular flexibility index (Phi) is 7.92. The molecule has 4 nitrogen and oxygen atoms in total. The van der Waals surface area contributed by atoms with Crippen molar-refractivity contribution in [3.05, 3.63) is 64.7 Å². The first-order valence-electron chi connectivity index (χ1n) is 9.10. The van der Waals surface area contributed by atoms with Gasteiger partial charge in [0, 0.05) is 4.90 Å². The molecule has 1 amide bonds. The number of hydrogen-bond acceptors (Lipinski definition) is 4. The van der Waals surface area contributed by atoms with E-state index >= 15 is 0 Å². The lowest BCUT2D eigenvalue weighted by Crippen LogP contribution is -2.32. The number of nitrogens with one attached hydrogen (secondary N) is 1. The molecule has 0 saturated heterocycles. The van der Waals surface area contributed by atoms with Crippen LogP contribution in [0.3, 0.4) is 0 Å². The number of rotatable bonds is 8. The topological polar surface area (TPSA) is 55.4 Å². The molecular weight excluding hydrogens is 358 g/mol. The van der Waals surface area contributed by atoms with Crippen molar-refractivity contribution in [1.29, 1.82) is 0 Å². The minimum Gasteiger partial charge on any atom is -0.455 e. The SMILES string of the molecule is CC[C@@H](NC(=O)COC(=O)CSc1ccc(C)c(C)c1)c1ccc(C)cc1. The zero-order valence-corrected chi connectivity index (χ0v) is 17.2. The summed E-state index contributed by atoms with van der Waals surface area (Å²) in [4.78, 5) is 25.0. The van der Waals surface area contributed by atoms with Crippen molar-refractivity contribution in [3.63, 3.8) is 0 Å². The van der Waals surface area contributed by atoms with Gasteiger partial charge in [-0.05, 0) is 56.0 Å². The predicted molar refractivity (Wildman–Crippen MR) is 110 cm³/mol. The summed E-state index contributed by atoms with van der Waals surface area (Å²) in [6.45, 7) is 7.88. The average molecular weight is 386 g/mol. The molecule has 0 saturated carbocycles. The second kappa shape index (κ2) is 10.2. The number of carbonyl (C=O) groups excluding carboxylic acids is 2. The lowest BCUT2D eigenvalue weighted by Gasteiger charge is -2.17. The van der Waals surface area contributed by atoms with E-state index in [1.165, 1.54) is 28.5 Å². The number of ether oxygens (including phenoxy) is 1. The maximum Gasteiger partial charge on any atom is 0.316 e. The molecular formula is C22H27NO3S. The number of benzene rings is 2. The molecule has 0 aliphatic rings. The van der Waals surface area contributed by atoms with Crippen LogP contribution in [0.15, 0.2) is 47.4 Å². The maximum atomic E-state index is 12.1. The zero-order chi connectivity index (χ0) is 19.8. The Morgan fingerprint density at radius 3 is 2.37 bits per heavy atom. The fourth-order valence-corrected chi connectivity index (χ4v) is 3.38. The van der Waals surface area contributed by atoms with E-state index in [4.69, 9.17) is 4.74 Å². The van der Waals surface area contributed by atoms with Gasteiger partial charge in [0.2, 0.25) is 0 Å². The second-order valence-electron chi connectivity index (χ2n) is 6.63. The van der Waals surface area contributed by atoms with Gasteiger partial charge in [-0.2, -0.15) is 0 Å². The summed E-state index contributed by atoms with van der Waals surface area (Å²) in [5.74, 6) is -0.492. The lowest BCUT2D eigenvalue weighted by molar-refractivity contribution is -0.146. The highest BCUT2D eigenvalue weighted by molar-refractivity contribution is 8.00. The highest BCUT2D eigenvalue weighted by Gasteiger charge is 2.14. The monoisotopic (exact) mass is 385 g/mol.